The van der Waals surface area contributed by atoms with Crippen molar-refractivity contribution in [3.8, 4) is 0 Å². The molecule has 0 fully saturated rings. The number of hydrogen-bond acceptors (Lipinski definition) is 2. The van der Waals surface area contributed by atoms with Crippen LogP contribution in [0.15, 0.2) is 36.4 Å². The molecule has 0 unspecified atom stereocenters. The summed E-state index contributed by atoms with van der Waals surface area (Å²) in [7, 11) is 0. The van der Waals surface area contributed by atoms with Crippen LogP contribution in [-0.4, -0.2) is 23.5 Å². The fourth-order valence-corrected chi connectivity index (χ4v) is 2.00. The van der Waals surface area contributed by atoms with Crippen molar-refractivity contribution >= 4 is 17.6 Å². The van der Waals surface area contributed by atoms with Gasteiger partial charge in [0.15, 0.2) is 0 Å². The number of aryl methyl sites for hydroxylation is 1. The first-order chi connectivity index (χ1) is 8.18. The molecule has 4 heteroatoms. The molecule has 0 aromatic heterocycles. The maximum atomic E-state index is 11.8. The molecule has 0 bridgehead atoms. The van der Waals surface area contributed by atoms with Crippen LogP contribution in [0.3, 0.4) is 0 Å². The molecule has 1 N–H and O–H groups in total. The van der Waals surface area contributed by atoms with Gasteiger partial charge >= 0.3 is 5.97 Å². The van der Waals surface area contributed by atoms with Crippen molar-refractivity contribution < 1.29 is 14.7 Å². The van der Waals surface area contributed by atoms with Gasteiger partial charge in [-0.3, -0.25) is 4.79 Å². The number of carbonyl (C=O) groups excluding carboxylic acids is 1. The number of hydrogen-bond donors (Lipinski definition) is 1. The van der Waals surface area contributed by atoms with E-state index in [-0.39, 0.29) is 5.91 Å². The predicted octanol–water partition coefficient (Wildman–Crippen LogP) is 1.61. The molecule has 88 valence electrons. The Morgan fingerprint density at radius 1 is 1.24 bits per heavy atom. The Morgan fingerprint density at radius 2 is 2.00 bits per heavy atom. The van der Waals surface area contributed by atoms with Gasteiger partial charge in [-0.25, -0.2) is 4.79 Å². The smallest absolute Gasteiger partial charge is 0.328 e. The van der Waals surface area contributed by atoms with Crippen LogP contribution >= 0.6 is 0 Å². The number of fused-ring (bicyclic) bond motifs is 1. The highest BCUT2D eigenvalue weighted by atomic mass is 16.4. The monoisotopic (exact) mass is 231 g/mol. The molecule has 0 atom stereocenters. The molecule has 1 aromatic rings. The summed E-state index contributed by atoms with van der Waals surface area (Å²) in [6.07, 6.45) is 3.84. The van der Waals surface area contributed by atoms with Crippen molar-refractivity contribution in [1.82, 2.24) is 0 Å². The lowest BCUT2D eigenvalue weighted by molar-refractivity contribution is -0.131. The summed E-state index contributed by atoms with van der Waals surface area (Å²) in [5, 5.41) is 8.50. The Balaban J connectivity index is 2.24. The number of nitrogens with zero attached hydrogens (tertiary/aromatic N) is 1. The Kier molecular flexibility index (Phi) is 3.23. The lowest BCUT2D eigenvalue weighted by Gasteiger charge is -2.28. The maximum Gasteiger partial charge on any atom is 0.328 e. The van der Waals surface area contributed by atoms with Crippen molar-refractivity contribution in [2.24, 2.45) is 0 Å². The largest absolute Gasteiger partial charge is 0.478 e. The quantitative estimate of drug-likeness (QED) is 0.786. The van der Waals surface area contributed by atoms with Gasteiger partial charge in [-0.1, -0.05) is 18.2 Å². The van der Waals surface area contributed by atoms with Gasteiger partial charge in [-0.15, -0.1) is 0 Å². The molecule has 1 heterocycles. The SMILES string of the molecule is O=C(O)/C=C\C(=O)N1CCCc2ccccc21. The third-order valence-electron chi connectivity index (χ3n) is 2.74. The number of carboxylic acids is 1. The number of benzene rings is 1. The number of rotatable bonds is 2. The van der Waals surface area contributed by atoms with E-state index in [4.69, 9.17) is 5.11 Å². The Labute approximate surface area is 99.2 Å². The average Bonchev–Trinajstić information content (AvgIpc) is 2.35. The van der Waals surface area contributed by atoms with Gasteiger partial charge in [0.25, 0.3) is 5.91 Å². The van der Waals surface area contributed by atoms with Crippen LogP contribution in [0.2, 0.25) is 0 Å². The molecular weight excluding hydrogens is 218 g/mol. The summed E-state index contributed by atoms with van der Waals surface area (Å²) >= 11 is 0. The third-order valence-corrected chi connectivity index (χ3v) is 2.74. The van der Waals surface area contributed by atoms with Gasteiger partial charge in [0.05, 0.1) is 0 Å². The molecule has 1 aliphatic rings. The summed E-state index contributed by atoms with van der Waals surface area (Å²) in [4.78, 5) is 23.8. The second-order valence-electron chi connectivity index (χ2n) is 3.89. The van der Waals surface area contributed by atoms with E-state index in [0.29, 0.717) is 6.54 Å². The summed E-state index contributed by atoms with van der Waals surface area (Å²) < 4.78 is 0. The number of amides is 1. The molecule has 1 amide bonds. The third kappa shape index (κ3) is 2.53. The second-order valence-corrected chi connectivity index (χ2v) is 3.89. The molecular formula is C13H13NO3. The molecule has 0 radical (unpaired) electrons. The molecule has 0 aliphatic carbocycles. The summed E-state index contributed by atoms with van der Waals surface area (Å²) in [5.74, 6) is -1.39. The molecule has 0 saturated heterocycles. The highest BCUT2D eigenvalue weighted by Crippen LogP contribution is 2.26. The van der Waals surface area contributed by atoms with Crippen LogP contribution < -0.4 is 4.90 Å². The van der Waals surface area contributed by atoms with Gasteiger partial charge in [0.1, 0.15) is 0 Å². The summed E-state index contributed by atoms with van der Waals surface area (Å²) in [6, 6.07) is 7.71. The van der Waals surface area contributed by atoms with E-state index in [2.05, 4.69) is 0 Å². The number of para-hydroxylation sites is 1. The second kappa shape index (κ2) is 4.82. The zero-order valence-electron chi connectivity index (χ0n) is 9.30. The normalized spacial score (nSPS) is 14.7. The molecule has 1 aromatic carbocycles. The van der Waals surface area contributed by atoms with Crippen LogP contribution in [0.25, 0.3) is 0 Å². The maximum absolute atomic E-state index is 11.8. The van der Waals surface area contributed by atoms with Crippen molar-refractivity contribution in [3.63, 3.8) is 0 Å². The summed E-state index contributed by atoms with van der Waals surface area (Å²) in [5.41, 5.74) is 2.02. The van der Waals surface area contributed by atoms with Gasteiger partial charge in [-0.2, -0.15) is 0 Å². The molecule has 1 aliphatic heterocycles. The van der Waals surface area contributed by atoms with Crippen LogP contribution in [0.1, 0.15) is 12.0 Å². The number of carbonyl (C=O) groups is 2. The Bertz CT molecular complexity index is 479. The molecule has 17 heavy (non-hydrogen) atoms. The minimum Gasteiger partial charge on any atom is -0.478 e. The molecule has 2 rings (SSSR count). The topological polar surface area (TPSA) is 57.6 Å². The number of anilines is 1. The van der Waals surface area contributed by atoms with E-state index in [1.807, 2.05) is 24.3 Å². The molecule has 4 nitrogen and oxygen atoms in total. The van der Waals surface area contributed by atoms with Crippen LogP contribution in [0, 0.1) is 0 Å². The predicted molar refractivity (Wildman–Crippen MR) is 63.9 cm³/mol. The van der Waals surface area contributed by atoms with Gasteiger partial charge in [0, 0.05) is 24.4 Å². The fourth-order valence-electron chi connectivity index (χ4n) is 2.00. The summed E-state index contributed by atoms with van der Waals surface area (Å²) in [6.45, 7) is 0.639. The van der Waals surface area contributed by atoms with Gasteiger partial charge in [0.2, 0.25) is 0 Å². The van der Waals surface area contributed by atoms with E-state index in [9.17, 15) is 9.59 Å². The van der Waals surface area contributed by atoms with E-state index >= 15 is 0 Å². The van der Waals surface area contributed by atoms with Gasteiger partial charge in [-0.05, 0) is 24.5 Å². The lowest BCUT2D eigenvalue weighted by atomic mass is 10.0. The highest BCUT2D eigenvalue weighted by molar-refractivity contribution is 6.04. The fraction of sp³-hybridized carbons (Fsp3) is 0.231. The first kappa shape index (κ1) is 11.4. The first-order valence-electron chi connectivity index (χ1n) is 5.49. The lowest BCUT2D eigenvalue weighted by Crippen LogP contribution is -2.34. The minimum atomic E-state index is -1.11. The van der Waals surface area contributed by atoms with Crippen molar-refractivity contribution in [1.29, 1.82) is 0 Å². The highest BCUT2D eigenvalue weighted by Gasteiger charge is 2.20. The zero-order chi connectivity index (χ0) is 12.3. The van der Waals surface area contributed by atoms with Crippen LogP contribution in [0.4, 0.5) is 5.69 Å². The van der Waals surface area contributed by atoms with E-state index in [1.54, 1.807) is 4.90 Å². The average molecular weight is 231 g/mol. The first-order valence-corrected chi connectivity index (χ1v) is 5.49. The van der Waals surface area contributed by atoms with E-state index < -0.39 is 5.97 Å². The minimum absolute atomic E-state index is 0.278. The number of carboxylic acid groups (broad SMARTS) is 1. The van der Waals surface area contributed by atoms with Crippen LogP contribution in [0.5, 0.6) is 0 Å². The zero-order valence-corrected chi connectivity index (χ0v) is 9.30. The Hall–Kier alpha value is -2.10. The number of aliphatic carboxylic acids is 1. The Morgan fingerprint density at radius 3 is 2.76 bits per heavy atom. The van der Waals surface area contributed by atoms with Crippen molar-refractivity contribution in [2.45, 2.75) is 12.8 Å². The standard InChI is InChI=1S/C13H13NO3/c15-12(7-8-13(16)17)14-9-3-5-10-4-1-2-6-11(10)14/h1-2,4,6-8H,3,5,9H2,(H,16,17)/b8-7-. The molecule has 0 spiro atoms. The van der Waals surface area contributed by atoms with Crippen molar-refractivity contribution in [3.05, 3.63) is 42.0 Å². The van der Waals surface area contributed by atoms with Gasteiger partial charge < -0.3 is 10.0 Å². The van der Waals surface area contributed by atoms with E-state index in [0.717, 1.165) is 36.2 Å². The van der Waals surface area contributed by atoms with Crippen molar-refractivity contribution in [2.75, 3.05) is 11.4 Å². The van der Waals surface area contributed by atoms with Crippen LogP contribution in [-0.2, 0) is 16.0 Å². The van der Waals surface area contributed by atoms with E-state index in [1.165, 1.54) is 0 Å². The molecule has 0 saturated carbocycles.